The summed E-state index contributed by atoms with van der Waals surface area (Å²) < 4.78 is 5.09. The number of allylic oxidation sites excluding steroid dienone is 1. The van der Waals surface area contributed by atoms with E-state index in [4.69, 9.17) is 21.6 Å². The number of methoxy groups -OCH3 is 1. The fraction of sp³-hybridized carbons (Fsp3) is 0.0909. The van der Waals surface area contributed by atoms with Gasteiger partial charge in [0.25, 0.3) is 0 Å². The van der Waals surface area contributed by atoms with Crippen LogP contribution in [0.3, 0.4) is 0 Å². The van der Waals surface area contributed by atoms with Crippen molar-refractivity contribution in [3.63, 3.8) is 0 Å². The van der Waals surface area contributed by atoms with Crippen molar-refractivity contribution in [3.05, 3.63) is 35.2 Å². The Hall–Kier alpha value is -2.59. The lowest BCUT2D eigenvalue weighted by Gasteiger charge is -2.06. The standard InChI is InChI=1S/C11H9ClN6O/c1-19-8-2-3-9(12)10(4-8)14-6-7(5-13)11-15-17-18-16-11/h2-4,6,14H,1H3,(H,15,16,17,18). The molecule has 8 heteroatoms. The molecule has 0 aliphatic rings. The number of rotatable bonds is 4. The number of H-pyrrole nitrogens is 1. The highest BCUT2D eigenvalue weighted by molar-refractivity contribution is 6.33. The molecule has 96 valence electrons. The largest absolute Gasteiger partial charge is 0.497 e. The Kier molecular flexibility index (Phi) is 3.95. The van der Waals surface area contributed by atoms with Gasteiger partial charge in [0, 0.05) is 12.3 Å². The molecule has 1 aromatic carbocycles. The number of nitrogens with one attached hydrogen (secondary N) is 2. The summed E-state index contributed by atoms with van der Waals surface area (Å²) in [6.45, 7) is 0. The van der Waals surface area contributed by atoms with Crippen LogP contribution >= 0.6 is 11.6 Å². The van der Waals surface area contributed by atoms with Crippen molar-refractivity contribution in [1.82, 2.24) is 20.6 Å². The van der Waals surface area contributed by atoms with Crippen LogP contribution in [0.15, 0.2) is 24.4 Å². The van der Waals surface area contributed by atoms with Gasteiger partial charge < -0.3 is 10.1 Å². The van der Waals surface area contributed by atoms with E-state index in [0.29, 0.717) is 16.5 Å². The second-order valence-electron chi connectivity index (χ2n) is 3.40. The molecule has 19 heavy (non-hydrogen) atoms. The van der Waals surface area contributed by atoms with Gasteiger partial charge in [0.05, 0.1) is 17.8 Å². The Balaban J connectivity index is 2.24. The minimum absolute atomic E-state index is 0.203. The Labute approximate surface area is 113 Å². The van der Waals surface area contributed by atoms with Crippen LogP contribution in [0, 0.1) is 11.3 Å². The SMILES string of the molecule is COc1ccc(Cl)c(NC=C(C#N)c2nn[nH]n2)c1. The summed E-state index contributed by atoms with van der Waals surface area (Å²) in [6.07, 6.45) is 1.45. The van der Waals surface area contributed by atoms with E-state index in [1.54, 1.807) is 25.3 Å². The number of aromatic nitrogens is 4. The Morgan fingerprint density at radius 3 is 3.05 bits per heavy atom. The van der Waals surface area contributed by atoms with Gasteiger partial charge >= 0.3 is 0 Å². The topological polar surface area (TPSA) is 99.5 Å². The van der Waals surface area contributed by atoms with E-state index < -0.39 is 0 Å². The first-order chi connectivity index (χ1) is 9.24. The molecule has 2 N–H and O–H groups in total. The van der Waals surface area contributed by atoms with Gasteiger partial charge in [0.1, 0.15) is 17.4 Å². The number of nitrogens with zero attached hydrogens (tertiary/aromatic N) is 4. The van der Waals surface area contributed by atoms with Crippen molar-refractivity contribution in [3.8, 4) is 11.8 Å². The van der Waals surface area contributed by atoms with Crippen LogP contribution in [0.25, 0.3) is 5.57 Å². The summed E-state index contributed by atoms with van der Waals surface area (Å²) in [5.41, 5.74) is 0.838. The molecule has 7 nitrogen and oxygen atoms in total. The average molecular weight is 277 g/mol. The predicted octanol–water partition coefficient (Wildman–Crippen LogP) is 1.84. The minimum Gasteiger partial charge on any atom is -0.497 e. The number of tetrazole rings is 1. The third-order valence-corrected chi connectivity index (χ3v) is 2.58. The molecule has 1 heterocycles. The monoisotopic (exact) mass is 276 g/mol. The van der Waals surface area contributed by atoms with Gasteiger partial charge in [-0.25, -0.2) is 0 Å². The van der Waals surface area contributed by atoms with Gasteiger partial charge in [-0.1, -0.05) is 11.6 Å². The van der Waals surface area contributed by atoms with E-state index in [0.717, 1.165) is 0 Å². The number of nitriles is 1. The average Bonchev–Trinajstić information content (AvgIpc) is 2.95. The lowest BCUT2D eigenvalue weighted by atomic mass is 10.2. The fourth-order valence-corrected chi connectivity index (χ4v) is 1.49. The Morgan fingerprint density at radius 1 is 1.58 bits per heavy atom. The lowest BCUT2D eigenvalue weighted by molar-refractivity contribution is 0.415. The zero-order chi connectivity index (χ0) is 13.7. The van der Waals surface area contributed by atoms with Crippen molar-refractivity contribution in [1.29, 1.82) is 5.26 Å². The second kappa shape index (κ2) is 5.84. The molecular weight excluding hydrogens is 268 g/mol. The third-order valence-electron chi connectivity index (χ3n) is 2.25. The molecular formula is C11H9ClN6O. The molecule has 2 aromatic rings. The highest BCUT2D eigenvalue weighted by atomic mass is 35.5. The van der Waals surface area contributed by atoms with Gasteiger partial charge in [-0.05, 0) is 17.3 Å². The molecule has 0 saturated carbocycles. The van der Waals surface area contributed by atoms with Crippen LogP contribution in [-0.4, -0.2) is 27.7 Å². The molecule has 0 spiro atoms. The van der Waals surface area contributed by atoms with E-state index in [9.17, 15) is 0 Å². The second-order valence-corrected chi connectivity index (χ2v) is 3.80. The zero-order valence-corrected chi connectivity index (χ0v) is 10.6. The summed E-state index contributed by atoms with van der Waals surface area (Å²) in [5, 5.41) is 25.5. The van der Waals surface area contributed by atoms with Crippen LogP contribution in [0.2, 0.25) is 5.02 Å². The molecule has 0 bridgehead atoms. The predicted molar refractivity (Wildman–Crippen MR) is 69.4 cm³/mol. The molecule has 0 amide bonds. The molecule has 0 fully saturated rings. The van der Waals surface area contributed by atoms with Crippen molar-refractivity contribution in [2.75, 3.05) is 12.4 Å². The minimum atomic E-state index is 0.203. The van der Waals surface area contributed by atoms with Crippen LogP contribution in [0.5, 0.6) is 5.75 Å². The van der Waals surface area contributed by atoms with E-state index in [-0.39, 0.29) is 11.4 Å². The van der Waals surface area contributed by atoms with Crippen molar-refractivity contribution in [2.45, 2.75) is 0 Å². The first kappa shape index (κ1) is 12.9. The summed E-state index contributed by atoms with van der Waals surface area (Å²) in [6, 6.07) is 7.10. The quantitative estimate of drug-likeness (QED) is 0.827. The van der Waals surface area contributed by atoms with Gasteiger partial charge in [-0.3, -0.25) is 0 Å². The number of aromatic amines is 1. The normalized spacial score (nSPS) is 10.9. The van der Waals surface area contributed by atoms with Gasteiger partial charge in [0.15, 0.2) is 0 Å². The van der Waals surface area contributed by atoms with E-state index in [2.05, 4.69) is 25.9 Å². The maximum Gasteiger partial charge on any atom is 0.216 e. The van der Waals surface area contributed by atoms with Crippen molar-refractivity contribution in [2.24, 2.45) is 0 Å². The number of anilines is 1. The van der Waals surface area contributed by atoms with E-state index in [1.165, 1.54) is 6.20 Å². The molecule has 0 aliphatic heterocycles. The number of hydrogen-bond acceptors (Lipinski definition) is 6. The number of ether oxygens (including phenoxy) is 1. The molecule has 0 radical (unpaired) electrons. The van der Waals surface area contributed by atoms with Crippen LogP contribution in [0.4, 0.5) is 5.69 Å². The van der Waals surface area contributed by atoms with Crippen molar-refractivity contribution >= 4 is 22.9 Å². The molecule has 0 atom stereocenters. The summed E-state index contributed by atoms with van der Waals surface area (Å²) >= 11 is 6.02. The molecule has 1 aromatic heterocycles. The van der Waals surface area contributed by atoms with E-state index in [1.807, 2.05) is 6.07 Å². The number of hydrogen-bond donors (Lipinski definition) is 2. The van der Waals surface area contributed by atoms with Gasteiger partial charge in [-0.15, -0.1) is 10.2 Å². The number of halogens is 1. The molecule has 2 rings (SSSR count). The van der Waals surface area contributed by atoms with Crippen LogP contribution in [-0.2, 0) is 0 Å². The maximum atomic E-state index is 9.01. The van der Waals surface area contributed by atoms with Crippen molar-refractivity contribution < 1.29 is 4.74 Å². The van der Waals surface area contributed by atoms with E-state index >= 15 is 0 Å². The summed E-state index contributed by atoms with van der Waals surface area (Å²) in [5.74, 6) is 0.854. The highest BCUT2D eigenvalue weighted by Crippen LogP contribution is 2.27. The fourth-order valence-electron chi connectivity index (χ4n) is 1.31. The zero-order valence-electron chi connectivity index (χ0n) is 9.88. The first-order valence-electron chi connectivity index (χ1n) is 5.18. The molecule has 0 unspecified atom stereocenters. The molecule has 0 saturated heterocycles. The van der Waals surface area contributed by atoms with Crippen LogP contribution in [0.1, 0.15) is 5.82 Å². The maximum absolute atomic E-state index is 9.01. The Morgan fingerprint density at radius 2 is 2.42 bits per heavy atom. The number of benzene rings is 1. The summed E-state index contributed by atoms with van der Waals surface area (Å²) in [4.78, 5) is 0. The van der Waals surface area contributed by atoms with Crippen LogP contribution < -0.4 is 10.1 Å². The Bertz CT molecular complexity index is 631. The highest BCUT2D eigenvalue weighted by Gasteiger charge is 2.06. The summed E-state index contributed by atoms with van der Waals surface area (Å²) in [7, 11) is 1.56. The lowest BCUT2D eigenvalue weighted by Crippen LogP contribution is -1.94. The first-order valence-corrected chi connectivity index (χ1v) is 5.56. The van der Waals surface area contributed by atoms with Gasteiger partial charge in [-0.2, -0.15) is 10.5 Å². The van der Waals surface area contributed by atoms with Gasteiger partial charge in [0.2, 0.25) is 5.82 Å². The molecule has 0 aliphatic carbocycles. The smallest absolute Gasteiger partial charge is 0.216 e. The third kappa shape index (κ3) is 3.00.